The van der Waals surface area contributed by atoms with E-state index in [0.29, 0.717) is 10.8 Å². The van der Waals surface area contributed by atoms with E-state index in [1.165, 1.54) is 0 Å². The minimum atomic E-state index is -0.0116. The van der Waals surface area contributed by atoms with Crippen molar-refractivity contribution in [1.82, 2.24) is 10.2 Å². The van der Waals surface area contributed by atoms with Gasteiger partial charge >= 0.3 is 0 Å². The lowest BCUT2D eigenvalue weighted by Crippen LogP contribution is -2.14. The Hall–Kier alpha value is -1.94. The van der Waals surface area contributed by atoms with E-state index in [-0.39, 0.29) is 5.41 Å². The molecule has 0 fully saturated rings. The van der Waals surface area contributed by atoms with Gasteiger partial charge in [0.1, 0.15) is 0 Å². The van der Waals surface area contributed by atoms with E-state index in [1.807, 2.05) is 43.3 Å². The average Bonchev–Trinajstić information content (AvgIpc) is 2.45. The van der Waals surface area contributed by atoms with E-state index in [9.17, 15) is 0 Å². The fourth-order valence-electron chi connectivity index (χ4n) is 1.75. The van der Waals surface area contributed by atoms with Crippen molar-refractivity contribution in [2.24, 2.45) is 5.10 Å². The first-order chi connectivity index (χ1) is 9.88. The number of hydrogen-bond donors (Lipinski definition) is 1. The highest BCUT2D eigenvalue weighted by atomic mass is 35.5. The van der Waals surface area contributed by atoms with Crippen LogP contribution in [-0.2, 0) is 5.41 Å². The lowest BCUT2D eigenvalue weighted by Gasteiger charge is -2.16. The molecule has 4 nitrogen and oxygen atoms in total. The van der Waals surface area contributed by atoms with Crippen LogP contribution in [0, 0.1) is 0 Å². The molecule has 0 saturated heterocycles. The lowest BCUT2D eigenvalue weighted by molar-refractivity contribution is 0.559. The molecule has 5 heteroatoms. The van der Waals surface area contributed by atoms with Gasteiger partial charge in [-0.15, -0.1) is 5.10 Å². The lowest BCUT2D eigenvalue weighted by atomic mass is 9.92. The first kappa shape index (κ1) is 15.4. The van der Waals surface area contributed by atoms with Gasteiger partial charge in [0.15, 0.2) is 5.82 Å². The summed E-state index contributed by atoms with van der Waals surface area (Å²) in [5.74, 6) is 0.606. The number of hydrogen-bond acceptors (Lipinski definition) is 4. The topological polar surface area (TPSA) is 50.2 Å². The maximum atomic E-state index is 6.14. The molecule has 1 N–H and O–H groups in total. The van der Waals surface area contributed by atoms with Gasteiger partial charge in [-0.05, 0) is 25.1 Å². The molecule has 0 radical (unpaired) electrons. The van der Waals surface area contributed by atoms with Crippen LogP contribution in [0.1, 0.15) is 39.0 Å². The Morgan fingerprint density at radius 1 is 1.10 bits per heavy atom. The second kappa shape index (κ2) is 6.22. The number of rotatable bonds is 3. The molecule has 2 rings (SSSR count). The molecule has 1 aromatic carbocycles. The first-order valence-electron chi connectivity index (χ1n) is 6.77. The summed E-state index contributed by atoms with van der Waals surface area (Å²) in [6.07, 6.45) is 0. The Bertz CT molecular complexity index is 642. The minimum Gasteiger partial charge on any atom is -0.260 e. The molecule has 1 heterocycles. The number of nitrogens with zero attached hydrogens (tertiary/aromatic N) is 3. The van der Waals surface area contributed by atoms with Gasteiger partial charge in [-0.25, -0.2) is 0 Å². The largest absolute Gasteiger partial charge is 0.260 e. The highest BCUT2D eigenvalue weighted by Gasteiger charge is 2.15. The van der Waals surface area contributed by atoms with E-state index in [1.54, 1.807) is 0 Å². The molecular weight excluding hydrogens is 284 g/mol. The van der Waals surface area contributed by atoms with Crippen molar-refractivity contribution in [1.29, 1.82) is 0 Å². The van der Waals surface area contributed by atoms with Crippen LogP contribution >= 0.6 is 11.6 Å². The Morgan fingerprint density at radius 2 is 1.81 bits per heavy atom. The molecular formula is C16H19ClN4. The molecule has 2 aromatic rings. The minimum absolute atomic E-state index is 0.0116. The predicted octanol–water partition coefficient (Wildman–Crippen LogP) is 4.26. The molecule has 21 heavy (non-hydrogen) atoms. The van der Waals surface area contributed by atoms with E-state index in [4.69, 9.17) is 11.6 Å². The monoisotopic (exact) mass is 302 g/mol. The smallest absolute Gasteiger partial charge is 0.168 e. The van der Waals surface area contributed by atoms with Crippen molar-refractivity contribution in [3.63, 3.8) is 0 Å². The quantitative estimate of drug-likeness (QED) is 0.680. The zero-order chi connectivity index (χ0) is 15.5. The van der Waals surface area contributed by atoms with Gasteiger partial charge in [0.25, 0.3) is 0 Å². The van der Waals surface area contributed by atoms with Crippen LogP contribution in [0.25, 0.3) is 0 Å². The van der Waals surface area contributed by atoms with Crippen LogP contribution in [-0.4, -0.2) is 15.9 Å². The van der Waals surface area contributed by atoms with Crippen molar-refractivity contribution < 1.29 is 0 Å². The SMILES string of the molecule is CC(=NNc1ccc(C(C)(C)C)nn1)c1ccccc1Cl. The van der Waals surface area contributed by atoms with Crippen molar-refractivity contribution in [2.45, 2.75) is 33.1 Å². The summed E-state index contributed by atoms with van der Waals surface area (Å²) in [6, 6.07) is 11.4. The average molecular weight is 303 g/mol. The summed E-state index contributed by atoms with van der Waals surface area (Å²) in [5.41, 5.74) is 5.53. The van der Waals surface area contributed by atoms with Gasteiger partial charge in [0, 0.05) is 16.0 Å². The van der Waals surface area contributed by atoms with Crippen molar-refractivity contribution in [2.75, 3.05) is 5.43 Å². The number of nitrogens with one attached hydrogen (secondary N) is 1. The maximum absolute atomic E-state index is 6.14. The standard InChI is InChI=1S/C16H19ClN4/c1-11(12-7-5-6-8-13(12)17)18-20-15-10-9-14(19-21-15)16(2,3)4/h5-10H,1-4H3,(H,20,21). The highest BCUT2D eigenvalue weighted by Crippen LogP contribution is 2.20. The van der Waals surface area contributed by atoms with Crippen molar-refractivity contribution >= 4 is 23.1 Å². The van der Waals surface area contributed by atoms with E-state index >= 15 is 0 Å². The summed E-state index contributed by atoms with van der Waals surface area (Å²) in [4.78, 5) is 0. The molecule has 0 spiro atoms. The van der Waals surface area contributed by atoms with Gasteiger partial charge in [-0.3, -0.25) is 5.43 Å². The van der Waals surface area contributed by atoms with E-state index in [2.05, 4.69) is 41.5 Å². The summed E-state index contributed by atoms with van der Waals surface area (Å²) >= 11 is 6.14. The number of aromatic nitrogens is 2. The third-order valence-corrected chi connectivity index (χ3v) is 3.36. The molecule has 0 amide bonds. The third kappa shape index (κ3) is 4.02. The summed E-state index contributed by atoms with van der Waals surface area (Å²) < 4.78 is 0. The van der Waals surface area contributed by atoms with E-state index in [0.717, 1.165) is 17.0 Å². The van der Waals surface area contributed by atoms with Crippen molar-refractivity contribution in [3.05, 3.63) is 52.7 Å². The number of hydrazone groups is 1. The Balaban J connectivity index is 2.12. The summed E-state index contributed by atoms with van der Waals surface area (Å²) in [7, 11) is 0. The van der Waals surface area contributed by atoms with Gasteiger partial charge in [0.2, 0.25) is 0 Å². The Kier molecular flexibility index (Phi) is 4.58. The molecule has 0 aliphatic rings. The zero-order valence-electron chi connectivity index (χ0n) is 12.7. The molecule has 0 bridgehead atoms. The molecule has 0 saturated carbocycles. The highest BCUT2D eigenvalue weighted by molar-refractivity contribution is 6.34. The van der Waals surface area contributed by atoms with Crippen LogP contribution in [0.4, 0.5) is 5.82 Å². The fourth-order valence-corrected chi connectivity index (χ4v) is 2.02. The first-order valence-corrected chi connectivity index (χ1v) is 7.15. The third-order valence-electron chi connectivity index (χ3n) is 3.03. The fraction of sp³-hybridized carbons (Fsp3) is 0.312. The number of halogens is 1. The maximum Gasteiger partial charge on any atom is 0.168 e. The molecule has 0 aliphatic carbocycles. The van der Waals surface area contributed by atoms with Crippen molar-refractivity contribution in [3.8, 4) is 0 Å². The molecule has 1 aromatic heterocycles. The second-order valence-corrected chi connectivity index (χ2v) is 6.25. The molecule has 0 aliphatic heterocycles. The zero-order valence-corrected chi connectivity index (χ0v) is 13.4. The number of benzene rings is 1. The molecule has 0 unspecified atom stereocenters. The summed E-state index contributed by atoms with van der Waals surface area (Å²) in [6.45, 7) is 8.20. The van der Waals surface area contributed by atoms with Gasteiger partial charge in [-0.2, -0.15) is 10.2 Å². The Morgan fingerprint density at radius 3 is 2.38 bits per heavy atom. The van der Waals surface area contributed by atoms with Gasteiger partial charge < -0.3 is 0 Å². The normalized spacial score (nSPS) is 12.3. The van der Waals surface area contributed by atoms with Crippen LogP contribution < -0.4 is 5.43 Å². The molecule has 0 atom stereocenters. The van der Waals surface area contributed by atoms with Crippen LogP contribution in [0.15, 0.2) is 41.5 Å². The molecule has 110 valence electrons. The Labute approximate surface area is 130 Å². The van der Waals surface area contributed by atoms with E-state index < -0.39 is 0 Å². The van der Waals surface area contributed by atoms with Crippen LogP contribution in [0.3, 0.4) is 0 Å². The van der Waals surface area contributed by atoms with Crippen LogP contribution in [0.5, 0.6) is 0 Å². The summed E-state index contributed by atoms with van der Waals surface area (Å²) in [5, 5.41) is 13.3. The predicted molar refractivity (Wildman–Crippen MR) is 88.0 cm³/mol. The van der Waals surface area contributed by atoms with Crippen LogP contribution in [0.2, 0.25) is 5.02 Å². The van der Waals surface area contributed by atoms with Gasteiger partial charge in [-0.1, -0.05) is 50.6 Å². The number of anilines is 1. The van der Waals surface area contributed by atoms with Gasteiger partial charge in [0.05, 0.1) is 11.4 Å². The second-order valence-electron chi connectivity index (χ2n) is 5.84.